The van der Waals surface area contributed by atoms with Crippen molar-refractivity contribution >= 4 is 11.7 Å². The summed E-state index contributed by atoms with van der Waals surface area (Å²) in [6, 6.07) is 7.90. The van der Waals surface area contributed by atoms with Crippen LogP contribution in [0.25, 0.3) is 0 Å². The Balaban J connectivity index is 1.59. The van der Waals surface area contributed by atoms with Crippen LogP contribution in [-0.4, -0.2) is 44.9 Å². The molecule has 25 heavy (non-hydrogen) atoms. The molecule has 7 nitrogen and oxygen atoms in total. The first-order chi connectivity index (χ1) is 12.1. The van der Waals surface area contributed by atoms with Gasteiger partial charge in [0.2, 0.25) is 0 Å². The lowest BCUT2D eigenvalue weighted by atomic mass is 10.1. The molecular weight excluding hydrogens is 318 g/mol. The number of hydrogen-bond donors (Lipinski definition) is 1. The molecule has 0 bridgehead atoms. The highest BCUT2D eigenvalue weighted by atomic mass is 16.5. The number of rotatable bonds is 5. The van der Waals surface area contributed by atoms with E-state index in [9.17, 15) is 4.79 Å². The van der Waals surface area contributed by atoms with Crippen molar-refractivity contribution in [3.63, 3.8) is 0 Å². The molecule has 3 rings (SSSR count). The van der Waals surface area contributed by atoms with Crippen molar-refractivity contribution in [3.8, 4) is 0 Å². The van der Waals surface area contributed by atoms with E-state index in [0.29, 0.717) is 13.2 Å². The lowest BCUT2D eigenvalue weighted by molar-refractivity contribution is 0.0657. The third-order valence-electron chi connectivity index (χ3n) is 4.26. The van der Waals surface area contributed by atoms with Crippen LogP contribution in [0.2, 0.25) is 0 Å². The van der Waals surface area contributed by atoms with E-state index in [1.807, 2.05) is 47.7 Å². The predicted octanol–water partition coefficient (Wildman–Crippen LogP) is 3.07. The van der Waals surface area contributed by atoms with Gasteiger partial charge in [0, 0.05) is 18.8 Å². The Bertz CT molecular complexity index is 687. The number of urea groups is 1. The van der Waals surface area contributed by atoms with Crippen LogP contribution in [0.3, 0.4) is 0 Å². The van der Waals surface area contributed by atoms with E-state index in [1.54, 1.807) is 6.33 Å². The molecule has 2 amide bonds. The largest absolute Gasteiger partial charge is 0.374 e. The summed E-state index contributed by atoms with van der Waals surface area (Å²) in [5.74, 6) is 0. The standard InChI is InChI=1S/C18H25N5O2/c1-14(2)25-11-15-5-3-6-16(9-15)21-18(24)22-8-4-7-17(10-22)23-13-19-12-20-23/h3,5-6,9,12-14,17H,4,7-8,10-11H2,1-2H3,(H,21,24)/t17-/m0/s1. The molecule has 1 fully saturated rings. The van der Waals surface area contributed by atoms with Crippen LogP contribution in [0.4, 0.5) is 10.5 Å². The van der Waals surface area contributed by atoms with Gasteiger partial charge < -0.3 is 15.0 Å². The molecule has 1 N–H and O–H groups in total. The minimum atomic E-state index is -0.0771. The summed E-state index contributed by atoms with van der Waals surface area (Å²) in [5, 5.41) is 7.19. The first-order valence-corrected chi connectivity index (χ1v) is 8.72. The number of aromatic nitrogens is 3. The van der Waals surface area contributed by atoms with E-state index in [2.05, 4.69) is 15.4 Å². The Labute approximate surface area is 148 Å². The van der Waals surface area contributed by atoms with Gasteiger partial charge >= 0.3 is 6.03 Å². The number of hydrogen-bond acceptors (Lipinski definition) is 4. The molecule has 0 aliphatic carbocycles. The number of anilines is 1. The van der Waals surface area contributed by atoms with Crippen molar-refractivity contribution in [1.29, 1.82) is 0 Å². The molecule has 0 unspecified atom stereocenters. The van der Waals surface area contributed by atoms with Gasteiger partial charge in [-0.25, -0.2) is 14.5 Å². The Morgan fingerprint density at radius 2 is 2.32 bits per heavy atom. The number of amides is 2. The van der Waals surface area contributed by atoms with Crippen LogP contribution >= 0.6 is 0 Å². The Hall–Kier alpha value is -2.41. The van der Waals surface area contributed by atoms with Crippen LogP contribution in [0, 0.1) is 0 Å². The molecule has 1 aromatic heterocycles. The summed E-state index contributed by atoms with van der Waals surface area (Å²) in [4.78, 5) is 18.4. The van der Waals surface area contributed by atoms with Gasteiger partial charge in [-0.15, -0.1) is 0 Å². The fourth-order valence-corrected chi connectivity index (χ4v) is 2.97. The molecule has 1 aliphatic heterocycles. The summed E-state index contributed by atoms with van der Waals surface area (Å²) in [6.45, 7) is 5.96. The fraction of sp³-hybridized carbons (Fsp3) is 0.500. The number of carbonyl (C=O) groups excluding carboxylic acids is 1. The number of nitrogens with zero attached hydrogens (tertiary/aromatic N) is 4. The fourth-order valence-electron chi connectivity index (χ4n) is 2.97. The Kier molecular flexibility index (Phi) is 5.65. The average molecular weight is 343 g/mol. The Morgan fingerprint density at radius 1 is 1.44 bits per heavy atom. The average Bonchev–Trinajstić information content (AvgIpc) is 3.15. The van der Waals surface area contributed by atoms with Crippen molar-refractivity contribution in [1.82, 2.24) is 19.7 Å². The van der Waals surface area contributed by atoms with Crippen molar-refractivity contribution in [2.45, 2.75) is 45.4 Å². The summed E-state index contributed by atoms with van der Waals surface area (Å²) >= 11 is 0. The molecule has 0 radical (unpaired) electrons. The molecule has 134 valence electrons. The lowest BCUT2D eigenvalue weighted by Crippen LogP contribution is -2.43. The maximum absolute atomic E-state index is 12.6. The van der Waals surface area contributed by atoms with E-state index in [4.69, 9.17) is 4.74 Å². The second kappa shape index (κ2) is 8.11. The molecule has 2 heterocycles. The van der Waals surface area contributed by atoms with Gasteiger partial charge in [0.25, 0.3) is 0 Å². The quantitative estimate of drug-likeness (QED) is 0.905. The highest BCUT2D eigenvalue weighted by molar-refractivity contribution is 5.89. The molecular formula is C18H25N5O2. The third-order valence-corrected chi connectivity index (χ3v) is 4.26. The van der Waals surface area contributed by atoms with Gasteiger partial charge in [0.05, 0.1) is 18.8 Å². The summed E-state index contributed by atoms with van der Waals surface area (Å²) in [7, 11) is 0. The molecule has 7 heteroatoms. The number of nitrogens with one attached hydrogen (secondary N) is 1. The van der Waals surface area contributed by atoms with Gasteiger partial charge in [-0.3, -0.25) is 0 Å². The lowest BCUT2D eigenvalue weighted by Gasteiger charge is -2.32. The highest BCUT2D eigenvalue weighted by Gasteiger charge is 2.25. The predicted molar refractivity (Wildman–Crippen MR) is 95.3 cm³/mol. The summed E-state index contributed by atoms with van der Waals surface area (Å²) < 4.78 is 7.46. The van der Waals surface area contributed by atoms with Gasteiger partial charge in [-0.2, -0.15) is 5.10 Å². The number of carbonyl (C=O) groups is 1. The minimum Gasteiger partial charge on any atom is -0.374 e. The maximum atomic E-state index is 12.6. The van der Waals surface area contributed by atoms with Gasteiger partial charge in [0.15, 0.2) is 0 Å². The van der Waals surface area contributed by atoms with Crippen LogP contribution < -0.4 is 5.32 Å². The zero-order valence-corrected chi connectivity index (χ0v) is 14.8. The molecule has 2 aromatic rings. The second-order valence-corrected chi connectivity index (χ2v) is 6.61. The monoisotopic (exact) mass is 343 g/mol. The van der Waals surface area contributed by atoms with E-state index < -0.39 is 0 Å². The number of ether oxygens (including phenoxy) is 1. The van der Waals surface area contributed by atoms with E-state index in [0.717, 1.165) is 30.6 Å². The number of benzene rings is 1. The number of likely N-dealkylation sites (tertiary alicyclic amines) is 1. The normalized spacial score (nSPS) is 17.7. The van der Waals surface area contributed by atoms with Crippen molar-refractivity contribution < 1.29 is 9.53 Å². The van der Waals surface area contributed by atoms with Gasteiger partial charge in [-0.05, 0) is 44.4 Å². The first-order valence-electron chi connectivity index (χ1n) is 8.72. The molecule has 0 spiro atoms. The molecule has 0 saturated carbocycles. The van der Waals surface area contributed by atoms with Crippen molar-refractivity contribution in [2.24, 2.45) is 0 Å². The van der Waals surface area contributed by atoms with Crippen molar-refractivity contribution in [3.05, 3.63) is 42.5 Å². The highest BCUT2D eigenvalue weighted by Crippen LogP contribution is 2.21. The van der Waals surface area contributed by atoms with E-state index in [-0.39, 0.29) is 18.2 Å². The molecule has 1 aromatic carbocycles. The van der Waals surface area contributed by atoms with E-state index >= 15 is 0 Å². The SMILES string of the molecule is CC(C)OCc1cccc(NC(=O)N2CCC[C@H](n3cncn3)C2)c1. The van der Waals surface area contributed by atoms with Crippen LogP contribution in [-0.2, 0) is 11.3 Å². The molecule has 1 aliphatic rings. The first kappa shape index (κ1) is 17.4. The van der Waals surface area contributed by atoms with Gasteiger partial charge in [0.1, 0.15) is 12.7 Å². The zero-order valence-electron chi connectivity index (χ0n) is 14.8. The molecule has 1 saturated heterocycles. The molecule has 1 atom stereocenters. The second-order valence-electron chi connectivity index (χ2n) is 6.61. The maximum Gasteiger partial charge on any atom is 0.321 e. The summed E-state index contributed by atoms with van der Waals surface area (Å²) in [6.07, 6.45) is 5.39. The topological polar surface area (TPSA) is 72.3 Å². The van der Waals surface area contributed by atoms with Gasteiger partial charge in [-0.1, -0.05) is 12.1 Å². The third kappa shape index (κ3) is 4.79. The van der Waals surface area contributed by atoms with Crippen LogP contribution in [0.15, 0.2) is 36.9 Å². The van der Waals surface area contributed by atoms with Crippen LogP contribution in [0.1, 0.15) is 38.3 Å². The van der Waals surface area contributed by atoms with Crippen LogP contribution in [0.5, 0.6) is 0 Å². The summed E-state index contributed by atoms with van der Waals surface area (Å²) in [5.41, 5.74) is 1.84. The van der Waals surface area contributed by atoms with Crippen molar-refractivity contribution in [2.75, 3.05) is 18.4 Å². The number of piperidine rings is 1. The Morgan fingerprint density at radius 3 is 3.08 bits per heavy atom. The van der Waals surface area contributed by atoms with E-state index in [1.165, 1.54) is 6.33 Å². The minimum absolute atomic E-state index is 0.0771. The smallest absolute Gasteiger partial charge is 0.321 e. The zero-order chi connectivity index (χ0) is 17.6.